The molecule has 178 valence electrons. The first-order chi connectivity index (χ1) is 16.8. The average Bonchev–Trinajstić information content (AvgIpc) is 3.40. The van der Waals surface area contributed by atoms with Crippen molar-refractivity contribution in [3.63, 3.8) is 0 Å². The quantitative estimate of drug-likeness (QED) is 0.385. The number of aryl methyl sites for hydroxylation is 1. The molecule has 0 atom stereocenters. The lowest BCUT2D eigenvalue weighted by Crippen LogP contribution is -2.36. The lowest BCUT2D eigenvalue weighted by atomic mass is 10.0. The summed E-state index contributed by atoms with van der Waals surface area (Å²) in [6, 6.07) is 14.0. The molecule has 1 N–H and O–H groups in total. The van der Waals surface area contributed by atoms with Crippen molar-refractivity contribution in [3.05, 3.63) is 82.2 Å². The third-order valence-corrected chi connectivity index (χ3v) is 6.04. The second-order valence-electron chi connectivity index (χ2n) is 7.52. The van der Waals surface area contributed by atoms with Gasteiger partial charge in [0.2, 0.25) is 5.91 Å². The van der Waals surface area contributed by atoms with Crippen LogP contribution in [0.2, 0.25) is 0 Å². The van der Waals surface area contributed by atoms with E-state index in [-0.39, 0.29) is 10.6 Å². The number of hydrogen-bond donors (Lipinski definition) is 1. The number of amides is 3. The van der Waals surface area contributed by atoms with E-state index in [0.717, 1.165) is 16.0 Å². The lowest BCUT2D eigenvalue weighted by Gasteiger charge is -2.12. The summed E-state index contributed by atoms with van der Waals surface area (Å²) in [5.74, 6) is -1.59. The second kappa shape index (κ2) is 9.98. The molecule has 35 heavy (non-hydrogen) atoms. The number of furan rings is 1. The smallest absolute Gasteiger partial charge is 0.337 e. The molecule has 0 unspecified atom stereocenters. The van der Waals surface area contributed by atoms with E-state index >= 15 is 0 Å². The van der Waals surface area contributed by atoms with Crippen molar-refractivity contribution in [2.75, 3.05) is 19.0 Å². The van der Waals surface area contributed by atoms with E-state index < -0.39 is 35.4 Å². The number of methoxy groups -OCH3 is 1. The van der Waals surface area contributed by atoms with Crippen molar-refractivity contribution in [3.8, 4) is 11.3 Å². The SMILES string of the molecule is COC(=O)c1ccc(-c2ccc(C=C3SC(=O)N(CC(=O)Nc4ccccc4F)C3=O)o2)c(C)c1. The minimum Gasteiger partial charge on any atom is -0.465 e. The van der Waals surface area contributed by atoms with Crippen LogP contribution in [0.25, 0.3) is 17.4 Å². The molecule has 10 heteroatoms. The molecule has 2 aromatic carbocycles. The van der Waals surface area contributed by atoms with Crippen LogP contribution in [0.5, 0.6) is 0 Å². The number of imide groups is 1. The number of carbonyl (C=O) groups is 4. The van der Waals surface area contributed by atoms with Gasteiger partial charge in [-0.3, -0.25) is 19.3 Å². The molecule has 1 saturated heterocycles. The number of para-hydroxylation sites is 1. The summed E-state index contributed by atoms with van der Waals surface area (Å²) >= 11 is 0.677. The number of carbonyl (C=O) groups excluding carboxylic acids is 4. The molecule has 3 amide bonds. The Morgan fingerprint density at radius 2 is 1.91 bits per heavy atom. The van der Waals surface area contributed by atoms with Crippen molar-refractivity contribution in [1.29, 1.82) is 0 Å². The molecule has 3 aromatic rings. The fourth-order valence-corrected chi connectivity index (χ4v) is 4.24. The molecule has 0 aliphatic carbocycles. The summed E-state index contributed by atoms with van der Waals surface area (Å²) < 4.78 is 24.3. The highest BCUT2D eigenvalue weighted by Gasteiger charge is 2.36. The Balaban J connectivity index is 1.47. The number of thioether (sulfide) groups is 1. The fourth-order valence-electron chi connectivity index (χ4n) is 3.42. The van der Waals surface area contributed by atoms with Crippen molar-refractivity contribution in [1.82, 2.24) is 4.90 Å². The largest absolute Gasteiger partial charge is 0.465 e. The summed E-state index contributed by atoms with van der Waals surface area (Å²) in [4.78, 5) is 49.9. The molecular formula is C25H19FN2O6S. The molecule has 0 bridgehead atoms. The fraction of sp³-hybridized carbons (Fsp3) is 0.120. The first kappa shape index (κ1) is 24.0. The van der Waals surface area contributed by atoms with Crippen molar-refractivity contribution in [2.45, 2.75) is 6.92 Å². The number of rotatable bonds is 6. The summed E-state index contributed by atoms with van der Waals surface area (Å²) in [7, 11) is 1.31. The first-order valence-electron chi connectivity index (χ1n) is 10.4. The van der Waals surface area contributed by atoms with Crippen molar-refractivity contribution < 1.29 is 32.7 Å². The van der Waals surface area contributed by atoms with Crippen LogP contribution in [-0.4, -0.2) is 41.6 Å². The van der Waals surface area contributed by atoms with Gasteiger partial charge in [-0.05, 0) is 60.6 Å². The zero-order valence-corrected chi connectivity index (χ0v) is 19.5. The highest BCUT2D eigenvalue weighted by molar-refractivity contribution is 8.18. The van der Waals surface area contributed by atoms with Gasteiger partial charge >= 0.3 is 5.97 Å². The van der Waals surface area contributed by atoms with Gasteiger partial charge < -0.3 is 14.5 Å². The van der Waals surface area contributed by atoms with Gasteiger partial charge in [0.05, 0.1) is 23.3 Å². The van der Waals surface area contributed by atoms with Crippen molar-refractivity contribution >= 4 is 46.5 Å². The number of benzene rings is 2. The van der Waals surface area contributed by atoms with Crippen LogP contribution >= 0.6 is 11.8 Å². The number of halogens is 1. The lowest BCUT2D eigenvalue weighted by molar-refractivity contribution is -0.127. The van der Waals surface area contributed by atoms with Gasteiger partial charge in [0.15, 0.2) is 0 Å². The normalized spacial score (nSPS) is 14.5. The van der Waals surface area contributed by atoms with E-state index in [1.54, 1.807) is 36.4 Å². The molecule has 4 rings (SSSR count). The van der Waals surface area contributed by atoms with Crippen LogP contribution < -0.4 is 5.32 Å². The molecule has 0 spiro atoms. The minimum atomic E-state index is -0.704. The molecule has 0 saturated carbocycles. The minimum absolute atomic E-state index is 0.0435. The van der Waals surface area contributed by atoms with E-state index in [0.29, 0.717) is 28.8 Å². The molecule has 1 aromatic heterocycles. The molecule has 0 radical (unpaired) electrons. The Morgan fingerprint density at radius 1 is 1.14 bits per heavy atom. The summed E-state index contributed by atoms with van der Waals surface area (Å²) in [5.41, 5.74) is 1.90. The van der Waals surface area contributed by atoms with E-state index in [1.165, 1.54) is 31.4 Å². The maximum absolute atomic E-state index is 13.7. The standard InChI is InChI=1S/C25H19FN2O6S/c1-14-11-15(24(31)33-2)7-9-17(14)20-10-8-16(34-20)12-21-23(30)28(25(32)35-21)13-22(29)27-19-6-4-3-5-18(19)26/h3-12H,13H2,1-2H3,(H,27,29). The van der Waals surface area contributed by atoms with Gasteiger partial charge in [-0.2, -0.15) is 0 Å². The molecule has 1 aliphatic heterocycles. The second-order valence-corrected chi connectivity index (χ2v) is 8.51. The van der Waals surface area contributed by atoms with Crippen LogP contribution in [-0.2, 0) is 14.3 Å². The number of esters is 1. The summed E-state index contributed by atoms with van der Waals surface area (Å²) in [6.07, 6.45) is 1.42. The maximum atomic E-state index is 13.7. The van der Waals surface area contributed by atoms with Gasteiger partial charge in [-0.25, -0.2) is 9.18 Å². The zero-order valence-electron chi connectivity index (χ0n) is 18.7. The van der Waals surface area contributed by atoms with Crippen LogP contribution in [0.1, 0.15) is 21.7 Å². The first-order valence-corrected chi connectivity index (χ1v) is 11.2. The number of nitrogens with zero attached hydrogens (tertiary/aromatic N) is 1. The van der Waals surface area contributed by atoms with Gasteiger partial charge in [-0.1, -0.05) is 18.2 Å². The van der Waals surface area contributed by atoms with Crippen LogP contribution in [0, 0.1) is 12.7 Å². The highest BCUT2D eigenvalue weighted by atomic mass is 32.2. The number of ether oxygens (including phenoxy) is 1. The van der Waals surface area contributed by atoms with Gasteiger partial charge in [0.1, 0.15) is 23.9 Å². The Hall–Kier alpha value is -4.18. The van der Waals surface area contributed by atoms with E-state index in [4.69, 9.17) is 9.15 Å². The van der Waals surface area contributed by atoms with Crippen LogP contribution in [0.15, 0.2) is 63.9 Å². The van der Waals surface area contributed by atoms with Crippen LogP contribution in [0.4, 0.5) is 14.9 Å². The van der Waals surface area contributed by atoms with Crippen LogP contribution in [0.3, 0.4) is 0 Å². The van der Waals surface area contributed by atoms with E-state index in [1.807, 2.05) is 6.92 Å². The average molecular weight is 495 g/mol. The Labute approximate surface area is 203 Å². The monoisotopic (exact) mass is 494 g/mol. The Morgan fingerprint density at radius 3 is 2.63 bits per heavy atom. The third-order valence-electron chi connectivity index (χ3n) is 5.14. The Kier molecular flexibility index (Phi) is 6.83. The van der Waals surface area contributed by atoms with E-state index in [9.17, 15) is 23.6 Å². The molecule has 1 fully saturated rings. The molecule has 8 nitrogen and oxygen atoms in total. The topological polar surface area (TPSA) is 106 Å². The molecular weight excluding hydrogens is 475 g/mol. The van der Waals surface area contributed by atoms with Gasteiger partial charge in [0, 0.05) is 11.6 Å². The van der Waals surface area contributed by atoms with Gasteiger partial charge in [0.25, 0.3) is 11.1 Å². The maximum Gasteiger partial charge on any atom is 0.337 e. The Bertz CT molecular complexity index is 1380. The number of nitrogens with one attached hydrogen (secondary N) is 1. The predicted octanol–water partition coefficient (Wildman–Crippen LogP) is 4.86. The van der Waals surface area contributed by atoms with E-state index in [2.05, 4.69) is 5.32 Å². The molecule has 2 heterocycles. The molecule has 1 aliphatic rings. The number of anilines is 1. The number of hydrogen-bond acceptors (Lipinski definition) is 7. The summed E-state index contributed by atoms with van der Waals surface area (Å²) in [5, 5.41) is 1.73. The predicted molar refractivity (Wildman–Crippen MR) is 128 cm³/mol. The van der Waals surface area contributed by atoms with Gasteiger partial charge in [-0.15, -0.1) is 0 Å². The zero-order chi connectivity index (χ0) is 25.1. The summed E-state index contributed by atoms with van der Waals surface area (Å²) in [6.45, 7) is 1.27. The van der Waals surface area contributed by atoms with Crippen molar-refractivity contribution in [2.24, 2.45) is 0 Å². The highest BCUT2D eigenvalue weighted by Crippen LogP contribution is 2.34. The third kappa shape index (κ3) is 5.17.